The molecule has 8 rings (SSSR count). The summed E-state index contributed by atoms with van der Waals surface area (Å²) in [6, 6.07) is 55.3. The van der Waals surface area contributed by atoms with Gasteiger partial charge in [-0.05, 0) is 109 Å². The van der Waals surface area contributed by atoms with Crippen LogP contribution in [0.3, 0.4) is 0 Å². The number of aliphatic hydroxyl groups is 2. The van der Waals surface area contributed by atoms with Gasteiger partial charge in [0.15, 0.2) is 0 Å². The molecule has 2 amide bonds. The first-order valence-corrected chi connectivity index (χ1v) is 24.2. The van der Waals surface area contributed by atoms with Crippen LogP contribution >= 0.6 is 23.2 Å². The van der Waals surface area contributed by atoms with E-state index >= 15 is 0 Å². The Bertz CT molecular complexity index is 2400. The molecule has 2 aliphatic rings. The van der Waals surface area contributed by atoms with Crippen molar-refractivity contribution >= 4 is 35.0 Å². The monoisotopic (exact) mass is 936 g/mol. The van der Waals surface area contributed by atoms with Crippen LogP contribution in [0.25, 0.3) is 0 Å². The van der Waals surface area contributed by atoms with E-state index in [9.17, 15) is 19.8 Å². The molecule has 2 heterocycles. The lowest BCUT2D eigenvalue weighted by Crippen LogP contribution is -2.48. The number of likely N-dealkylation sites (N-methyl/N-ethyl adjacent to an activating group) is 2. The molecule has 8 nitrogen and oxygen atoms in total. The molecule has 3 N–H and O–H groups in total. The second-order valence-electron chi connectivity index (χ2n) is 18.3. The van der Waals surface area contributed by atoms with Crippen LogP contribution in [0.4, 0.5) is 0 Å². The molecule has 0 saturated carbocycles. The number of amides is 2. The van der Waals surface area contributed by atoms with Crippen molar-refractivity contribution in [1.29, 1.82) is 0 Å². The average molecular weight is 938 g/mol. The number of benzene rings is 6. The highest BCUT2D eigenvalue weighted by atomic mass is 35.5. The maximum absolute atomic E-state index is 13.8. The number of likely N-dealkylation sites (tertiary alicyclic amines) is 2. The van der Waals surface area contributed by atoms with Gasteiger partial charge in [0, 0.05) is 57.4 Å². The Morgan fingerprint density at radius 1 is 0.522 bits per heavy atom. The second kappa shape index (κ2) is 22.2. The standard InChI is InChI=1S/C29H33ClN2O2.C28H31ClN2O2/c1-31(2)27(33)29(24-9-5-3-6-10-24,25-11-7-4-8-12-25)19-22-32-20-17-28(34,18-21-32)23-13-15-26(30)16-14-23;1-30-26(32)28(23-8-4-2-5-9-23,24-10-6-3-7-11-24)18-21-31-19-16-27(33,17-20-31)22-12-14-25(29)15-13-22/h3-16,34H,17-22H2,1-2H3;2-15,33H,16-21H2,1H3,(H,30,32)/i2*1-1. The fourth-order valence-corrected chi connectivity index (χ4v) is 10.4. The van der Waals surface area contributed by atoms with Crippen molar-refractivity contribution in [3.63, 3.8) is 0 Å². The van der Waals surface area contributed by atoms with Gasteiger partial charge in [-0.3, -0.25) is 9.59 Å². The summed E-state index contributed by atoms with van der Waals surface area (Å²) >= 11 is 12.1. The van der Waals surface area contributed by atoms with Crippen molar-refractivity contribution in [2.24, 2.45) is 0 Å². The summed E-state index contributed by atoms with van der Waals surface area (Å²) in [6.45, 7) is 4.61. The lowest BCUT2D eigenvalue weighted by Gasteiger charge is -2.41. The highest BCUT2D eigenvalue weighted by Gasteiger charge is 2.45. The third-order valence-corrected chi connectivity index (χ3v) is 14.7. The first kappa shape index (κ1) is 49.6. The third-order valence-electron chi connectivity index (χ3n) is 14.2. The van der Waals surface area contributed by atoms with Gasteiger partial charge in [-0.2, -0.15) is 0 Å². The fourth-order valence-electron chi connectivity index (χ4n) is 10.2. The second-order valence-corrected chi connectivity index (χ2v) is 19.2. The van der Waals surface area contributed by atoms with Crippen molar-refractivity contribution in [3.05, 3.63) is 213 Å². The molecule has 67 heavy (non-hydrogen) atoms. The predicted octanol–water partition coefficient (Wildman–Crippen LogP) is 9.83. The summed E-state index contributed by atoms with van der Waals surface area (Å²) in [5.41, 5.74) is 2.62. The minimum atomic E-state index is -0.837. The van der Waals surface area contributed by atoms with Crippen molar-refractivity contribution in [2.75, 3.05) is 60.4 Å². The summed E-state index contributed by atoms with van der Waals surface area (Å²) in [6.07, 6.45) is 3.92. The van der Waals surface area contributed by atoms with Crippen LogP contribution in [-0.2, 0) is 31.6 Å². The average Bonchev–Trinajstić information content (AvgIpc) is 3.37. The van der Waals surface area contributed by atoms with E-state index < -0.39 is 22.0 Å². The quantitative estimate of drug-likeness (QED) is 0.101. The Kier molecular flexibility index (Phi) is 16.4. The smallest absolute Gasteiger partial charge is 0.237 e. The van der Waals surface area contributed by atoms with E-state index in [1.807, 2.05) is 160 Å². The Morgan fingerprint density at radius 3 is 1.12 bits per heavy atom. The minimum Gasteiger partial charge on any atom is -0.385 e. The lowest BCUT2D eigenvalue weighted by atomic mass is 9.70. The number of hydrogen-bond acceptors (Lipinski definition) is 6. The molecule has 2 fully saturated rings. The molecule has 2 aliphatic heterocycles. The Labute approximate surface area is 407 Å². The van der Waals surface area contributed by atoms with Gasteiger partial charge in [0.25, 0.3) is 0 Å². The Balaban J connectivity index is 0.000000199. The van der Waals surface area contributed by atoms with Gasteiger partial charge >= 0.3 is 0 Å². The van der Waals surface area contributed by atoms with E-state index in [2.05, 4.69) is 39.4 Å². The molecule has 10 heteroatoms. The number of carbonyl (C=O) groups excluding carboxylic acids is 2. The summed E-state index contributed by atoms with van der Waals surface area (Å²) in [5, 5.41) is 26.8. The third kappa shape index (κ3) is 11.2. The van der Waals surface area contributed by atoms with Gasteiger partial charge in [-0.15, -0.1) is 0 Å². The van der Waals surface area contributed by atoms with E-state index in [4.69, 9.17) is 23.2 Å². The summed E-state index contributed by atoms with van der Waals surface area (Å²) in [4.78, 5) is 33.7. The molecule has 6 aromatic carbocycles. The molecule has 0 radical (unpaired) electrons. The fraction of sp³-hybridized carbons (Fsp3) is 0.333. The van der Waals surface area contributed by atoms with E-state index in [1.165, 1.54) is 0 Å². The normalized spacial score (nSPS) is 16.3. The molecule has 0 unspecified atom stereocenters. The first-order valence-electron chi connectivity index (χ1n) is 23.4. The number of rotatable bonds is 14. The van der Waals surface area contributed by atoms with Gasteiger partial charge in [-0.25, -0.2) is 0 Å². The molecule has 350 valence electrons. The van der Waals surface area contributed by atoms with E-state index in [0.717, 1.165) is 72.6 Å². The van der Waals surface area contributed by atoms with Gasteiger partial charge in [-0.1, -0.05) is 169 Å². The number of piperidine rings is 2. The maximum atomic E-state index is 13.8. The number of nitrogens with one attached hydrogen (secondary N) is 1. The molecular weight excluding hydrogens is 874 g/mol. The van der Waals surface area contributed by atoms with E-state index in [0.29, 0.717) is 48.6 Å². The molecule has 0 aliphatic carbocycles. The van der Waals surface area contributed by atoms with Gasteiger partial charge in [0.2, 0.25) is 11.8 Å². The SMILES string of the molecule is CN([11CH3])C(=O)C(CCN1CCC(O)(c2ccc(Cl)cc2)CC1)(c1ccccc1)c1ccccc1.[11CH3]NC(=O)C(CCN1CCC(O)(c2ccc(Cl)cc2)CC1)(c1ccccc1)c1ccccc1. The van der Waals surface area contributed by atoms with Crippen LogP contribution in [0.15, 0.2) is 170 Å². The first-order chi connectivity index (χ1) is 32.3. The van der Waals surface area contributed by atoms with Crippen molar-refractivity contribution in [2.45, 2.75) is 60.6 Å². The van der Waals surface area contributed by atoms with Crippen LogP contribution in [0.1, 0.15) is 71.9 Å². The highest BCUT2D eigenvalue weighted by Crippen LogP contribution is 2.41. The molecular formula is C57H64Cl2N4O4. The zero-order valence-corrected chi connectivity index (χ0v) is 40.5. The van der Waals surface area contributed by atoms with Crippen LogP contribution in [0.5, 0.6) is 0 Å². The van der Waals surface area contributed by atoms with Crippen molar-refractivity contribution < 1.29 is 19.8 Å². The predicted molar refractivity (Wildman–Crippen MR) is 271 cm³/mol. The Morgan fingerprint density at radius 2 is 0.821 bits per heavy atom. The van der Waals surface area contributed by atoms with E-state index in [1.54, 1.807) is 11.9 Å². The zero-order chi connectivity index (χ0) is 47.5. The molecule has 0 aromatic heterocycles. The number of nitrogens with zero attached hydrogens (tertiary/aromatic N) is 3. The van der Waals surface area contributed by atoms with Crippen LogP contribution < -0.4 is 5.32 Å². The van der Waals surface area contributed by atoms with Gasteiger partial charge < -0.3 is 30.2 Å². The van der Waals surface area contributed by atoms with Crippen molar-refractivity contribution in [3.8, 4) is 0 Å². The lowest BCUT2D eigenvalue weighted by molar-refractivity contribution is -0.134. The number of hydrogen-bond donors (Lipinski definition) is 3. The van der Waals surface area contributed by atoms with Gasteiger partial charge in [0.1, 0.15) is 10.8 Å². The summed E-state index contributed by atoms with van der Waals surface area (Å²) < 4.78 is 0. The number of halogens is 2. The molecule has 0 spiro atoms. The topological polar surface area (TPSA) is 96.3 Å². The largest absolute Gasteiger partial charge is 0.385 e. The summed E-state index contributed by atoms with van der Waals surface area (Å²) in [5.74, 6) is 0.0779. The van der Waals surface area contributed by atoms with Crippen molar-refractivity contribution in [1.82, 2.24) is 20.0 Å². The highest BCUT2D eigenvalue weighted by molar-refractivity contribution is 6.30. The molecule has 0 atom stereocenters. The molecule has 0 bridgehead atoms. The summed E-state index contributed by atoms with van der Waals surface area (Å²) in [7, 11) is 5.36. The van der Waals surface area contributed by atoms with Crippen LogP contribution in [-0.4, -0.2) is 97.1 Å². The maximum Gasteiger partial charge on any atom is 0.237 e. The molecule has 2 saturated heterocycles. The number of carbonyl (C=O) groups is 2. The molecule has 6 aromatic rings. The minimum absolute atomic E-state index is 0.00502. The van der Waals surface area contributed by atoms with E-state index in [-0.39, 0.29) is 11.8 Å². The van der Waals surface area contributed by atoms with Crippen LogP contribution in [0.2, 0.25) is 10.0 Å². The van der Waals surface area contributed by atoms with Crippen LogP contribution in [0, 0.1) is 0 Å². The zero-order valence-electron chi connectivity index (χ0n) is 39.0. The Hall–Kier alpha value is -5.32. The van der Waals surface area contributed by atoms with Gasteiger partial charge in [0.05, 0.1) is 11.2 Å².